The Kier molecular flexibility index (Phi) is 4.28. The summed E-state index contributed by atoms with van der Waals surface area (Å²) in [7, 11) is 0. The fraction of sp³-hybridized carbons (Fsp3) is 0.385. The molecule has 18 heavy (non-hydrogen) atoms. The largest absolute Gasteiger partial charge is 0.378 e. The number of anilines is 1. The predicted molar refractivity (Wildman–Crippen MR) is 74.8 cm³/mol. The van der Waals surface area contributed by atoms with Gasteiger partial charge in [-0.3, -0.25) is 4.79 Å². The number of nitrogens with zero attached hydrogens (tertiary/aromatic N) is 1. The van der Waals surface area contributed by atoms with Crippen LogP contribution in [0.4, 0.5) is 5.69 Å². The van der Waals surface area contributed by atoms with Crippen LogP contribution in [0.15, 0.2) is 24.3 Å². The molecule has 1 aromatic carbocycles. The fourth-order valence-electron chi connectivity index (χ4n) is 1.73. The van der Waals surface area contributed by atoms with Gasteiger partial charge in [-0.25, -0.2) is 0 Å². The molecular weight excluding hydrogens is 248 g/mol. The lowest BCUT2D eigenvalue weighted by Crippen LogP contribution is -2.44. The van der Waals surface area contributed by atoms with Crippen LogP contribution in [0.2, 0.25) is 0 Å². The van der Waals surface area contributed by atoms with Crippen molar-refractivity contribution in [3.63, 3.8) is 0 Å². The van der Waals surface area contributed by atoms with Gasteiger partial charge in [0.1, 0.15) is 0 Å². The number of rotatable bonds is 1. The van der Waals surface area contributed by atoms with Crippen molar-refractivity contribution in [2.75, 3.05) is 31.6 Å². The Balaban J connectivity index is 1.94. The minimum absolute atomic E-state index is 0.226. The Morgan fingerprint density at radius 3 is 2.50 bits per heavy atom. The molecule has 5 heteroatoms. The third kappa shape index (κ3) is 3.27. The summed E-state index contributed by atoms with van der Waals surface area (Å²) in [5.41, 5.74) is 1.92. The van der Waals surface area contributed by atoms with Crippen LogP contribution in [0.1, 0.15) is 5.56 Å². The molecule has 96 valence electrons. The van der Waals surface area contributed by atoms with Crippen molar-refractivity contribution in [3.8, 4) is 0 Å². The van der Waals surface area contributed by atoms with E-state index in [1.807, 2.05) is 36.1 Å². The molecule has 0 aromatic heterocycles. The number of benzene rings is 1. The first-order valence-electron chi connectivity index (χ1n) is 5.91. The molecule has 1 aliphatic heterocycles. The predicted octanol–water partition coefficient (Wildman–Crippen LogP) is 1.59. The quantitative estimate of drug-likeness (QED) is 0.782. The average molecular weight is 264 g/mol. The summed E-state index contributed by atoms with van der Waals surface area (Å²) in [5, 5.41) is 2.80. The van der Waals surface area contributed by atoms with Crippen LogP contribution in [-0.2, 0) is 9.53 Å². The summed E-state index contributed by atoms with van der Waals surface area (Å²) in [4.78, 5) is 14.2. The lowest BCUT2D eigenvalue weighted by atomic mass is 10.2. The monoisotopic (exact) mass is 264 g/mol. The van der Waals surface area contributed by atoms with Crippen LogP contribution in [-0.4, -0.2) is 42.1 Å². The molecule has 4 nitrogen and oxygen atoms in total. The van der Waals surface area contributed by atoms with E-state index in [4.69, 9.17) is 17.0 Å². The first-order chi connectivity index (χ1) is 8.66. The van der Waals surface area contributed by atoms with E-state index >= 15 is 0 Å². The maximum atomic E-state index is 12.0. The molecular formula is C13H16N2O2S. The molecule has 1 aliphatic rings. The zero-order valence-electron chi connectivity index (χ0n) is 10.3. The average Bonchev–Trinajstić information content (AvgIpc) is 2.41. The SMILES string of the molecule is Cc1ccc(NC(=O)C(=S)N2CCOCC2)cc1. The van der Waals surface area contributed by atoms with Gasteiger partial charge in [0.2, 0.25) is 0 Å². The number of hydrogen-bond donors (Lipinski definition) is 1. The zero-order valence-corrected chi connectivity index (χ0v) is 11.1. The van der Waals surface area contributed by atoms with Crippen molar-refractivity contribution in [2.45, 2.75) is 6.92 Å². The molecule has 2 rings (SSSR count). The maximum Gasteiger partial charge on any atom is 0.283 e. The lowest BCUT2D eigenvalue weighted by Gasteiger charge is -2.28. The van der Waals surface area contributed by atoms with E-state index in [2.05, 4.69) is 5.32 Å². The van der Waals surface area contributed by atoms with Crippen LogP contribution >= 0.6 is 12.2 Å². The van der Waals surface area contributed by atoms with Gasteiger partial charge in [-0.2, -0.15) is 0 Å². The van der Waals surface area contributed by atoms with Gasteiger partial charge in [-0.1, -0.05) is 29.9 Å². The number of carbonyl (C=O) groups is 1. The standard InChI is InChI=1S/C13H16N2O2S/c1-10-2-4-11(5-3-10)14-12(16)13(18)15-6-8-17-9-7-15/h2-5H,6-9H2,1H3,(H,14,16). The molecule has 1 heterocycles. The second kappa shape index (κ2) is 5.93. The molecule has 0 aliphatic carbocycles. The fourth-order valence-corrected chi connectivity index (χ4v) is 1.97. The molecule has 0 spiro atoms. The highest BCUT2D eigenvalue weighted by molar-refractivity contribution is 7.82. The van der Waals surface area contributed by atoms with Crippen molar-refractivity contribution in [1.29, 1.82) is 0 Å². The first kappa shape index (κ1) is 13.0. The van der Waals surface area contributed by atoms with Gasteiger partial charge < -0.3 is 15.0 Å². The van der Waals surface area contributed by atoms with Gasteiger partial charge in [0.25, 0.3) is 5.91 Å². The summed E-state index contributed by atoms with van der Waals surface area (Å²) < 4.78 is 5.23. The number of thiocarbonyl (C=S) groups is 1. The second-order valence-electron chi connectivity index (χ2n) is 4.22. The molecule has 0 bridgehead atoms. The van der Waals surface area contributed by atoms with E-state index < -0.39 is 0 Å². The lowest BCUT2D eigenvalue weighted by molar-refractivity contribution is -0.111. The van der Waals surface area contributed by atoms with E-state index in [9.17, 15) is 4.79 Å². The number of morpholine rings is 1. The Morgan fingerprint density at radius 2 is 1.89 bits per heavy atom. The summed E-state index contributed by atoms with van der Waals surface area (Å²) in [6.45, 7) is 4.61. The van der Waals surface area contributed by atoms with Crippen molar-refractivity contribution in [3.05, 3.63) is 29.8 Å². The molecule has 1 aromatic rings. The Bertz CT molecular complexity index is 439. The Morgan fingerprint density at radius 1 is 1.28 bits per heavy atom. The van der Waals surface area contributed by atoms with E-state index in [0.29, 0.717) is 31.3 Å². The van der Waals surface area contributed by atoms with Gasteiger partial charge in [0.15, 0.2) is 4.99 Å². The van der Waals surface area contributed by atoms with E-state index in [1.165, 1.54) is 0 Å². The normalized spacial score (nSPS) is 15.3. The van der Waals surface area contributed by atoms with Crippen molar-refractivity contribution in [1.82, 2.24) is 4.90 Å². The summed E-state index contributed by atoms with van der Waals surface area (Å²) >= 11 is 5.18. The van der Waals surface area contributed by atoms with Gasteiger partial charge in [0, 0.05) is 18.8 Å². The van der Waals surface area contributed by atoms with Crippen LogP contribution in [0.3, 0.4) is 0 Å². The summed E-state index contributed by atoms with van der Waals surface area (Å²) in [6, 6.07) is 7.64. The smallest absolute Gasteiger partial charge is 0.283 e. The zero-order chi connectivity index (χ0) is 13.0. The number of nitrogens with one attached hydrogen (secondary N) is 1. The molecule has 1 N–H and O–H groups in total. The van der Waals surface area contributed by atoms with Crippen molar-refractivity contribution < 1.29 is 9.53 Å². The van der Waals surface area contributed by atoms with Crippen LogP contribution in [0, 0.1) is 6.92 Å². The van der Waals surface area contributed by atoms with Gasteiger partial charge >= 0.3 is 0 Å². The minimum atomic E-state index is -0.226. The number of amides is 1. The molecule has 0 radical (unpaired) electrons. The molecule has 0 unspecified atom stereocenters. The Labute approximate surface area is 112 Å². The topological polar surface area (TPSA) is 41.6 Å². The van der Waals surface area contributed by atoms with Crippen molar-refractivity contribution in [2.24, 2.45) is 0 Å². The molecule has 1 saturated heterocycles. The molecule has 0 saturated carbocycles. The maximum absolute atomic E-state index is 12.0. The Hall–Kier alpha value is -1.46. The van der Waals surface area contributed by atoms with Crippen molar-refractivity contribution >= 4 is 28.8 Å². The molecule has 1 fully saturated rings. The molecule has 0 atom stereocenters. The van der Waals surface area contributed by atoms with Gasteiger partial charge in [-0.15, -0.1) is 0 Å². The number of ether oxygens (including phenoxy) is 1. The summed E-state index contributed by atoms with van der Waals surface area (Å²) in [5.74, 6) is -0.226. The highest BCUT2D eigenvalue weighted by Gasteiger charge is 2.19. The summed E-state index contributed by atoms with van der Waals surface area (Å²) in [6.07, 6.45) is 0. The third-order valence-electron chi connectivity index (χ3n) is 2.80. The number of hydrogen-bond acceptors (Lipinski definition) is 3. The molecule has 1 amide bonds. The third-order valence-corrected chi connectivity index (χ3v) is 3.25. The van der Waals surface area contributed by atoms with E-state index in [1.54, 1.807) is 0 Å². The van der Waals surface area contributed by atoms with E-state index in [0.717, 1.165) is 11.3 Å². The highest BCUT2D eigenvalue weighted by Crippen LogP contribution is 2.09. The number of aryl methyl sites for hydroxylation is 1. The first-order valence-corrected chi connectivity index (χ1v) is 6.32. The highest BCUT2D eigenvalue weighted by atomic mass is 32.1. The van der Waals surface area contributed by atoms with Gasteiger partial charge in [-0.05, 0) is 19.1 Å². The van der Waals surface area contributed by atoms with E-state index in [-0.39, 0.29) is 5.91 Å². The second-order valence-corrected chi connectivity index (χ2v) is 4.61. The van der Waals surface area contributed by atoms with Crippen LogP contribution < -0.4 is 5.32 Å². The number of carbonyl (C=O) groups excluding carboxylic acids is 1. The van der Waals surface area contributed by atoms with Crippen LogP contribution in [0.5, 0.6) is 0 Å². The van der Waals surface area contributed by atoms with Gasteiger partial charge in [0.05, 0.1) is 13.2 Å². The van der Waals surface area contributed by atoms with Crippen LogP contribution in [0.25, 0.3) is 0 Å². The minimum Gasteiger partial charge on any atom is -0.378 e.